The molecule has 18 nitrogen and oxygen atoms in total. The number of carbonyl (C=O) groups excluding carboxylic acids is 4. The predicted molar refractivity (Wildman–Crippen MR) is 254 cm³/mol. The Morgan fingerprint density at radius 3 is 2.34 bits per heavy atom. The largest absolute Gasteiger partial charge is 0.444 e. The Hall–Kier alpha value is -7.13. The van der Waals surface area contributed by atoms with E-state index in [4.69, 9.17) is 9.15 Å². The van der Waals surface area contributed by atoms with Gasteiger partial charge >= 0.3 is 11.9 Å². The fraction of sp³-hybridized carbons (Fsp3) is 0.429. The first-order valence-electron chi connectivity index (χ1n) is 23.5. The number of nitrogens with one attached hydrogen (secondary N) is 3. The van der Waals surface area contributed by atoms with E-state index in [0.717, 1.165) is 74.3 Å². The predicted octanol–water partition coefficient (Wildman–Crippen LogP) is 6.31. The van der Waals surface area contributed by atoms with Gasteiger partial charge in [-0.2, -0.15) is 18.3 Å². The number of anilines is 2. The summed E-state index contributed by atoms with van der Waals surface area (Å²) in [5, 5.41) is 12.0. The highest BCUT2D eigenvalue weighted by atomic mass is 19.4. The van der Waals surface area contributed by atoms with Crippen molar-refractivity contribution >= 4 is 46.2 Å². The number of hydrogen-bond donors (Lipinski definition) is 3. The maximum atomic E-state index is 13.8. The van der Waals surface area contributed by atoms with Crippen molar-refractivity contribution in [3.63, 3.8) is 0 Å². The summed E-state index contributed by atoms with van der Waals surface area (Å²) in [6.07, 6.45) is 7.71. The van der Waals surface area contributed by atoms with E-state index in [1.165, 1.54) is 22.9 Å². The molecule has 2 saturated heterocycles. The average Bonchev–Trinajstić information content (AvgIpc) is 4.07. The number of aryl methyl sites for hydroxylation is 3. The molecule has 1 unspecified atom stereocenters. The average molecular weight is 968 g/mol. The number of benzene rings is 2. The van der Waals surface area contributed by atoms with Gasteiger partial charge in [-0.15, -0.1) is 0 Å². The van der Waals surface area contributed by atoms with Crippen LogP contribution in [0.5, 0.6) is 0 Å². The molecule has 4 aromatic heterocycles. The number of oxazole rings is 1. The summed E-state index contributed by atoms with van der Waals surface area (Å²) in [4.78, 5) is 76.5. The minimum Gasteiger partial charge on any atom is -0.444 e. The second kappa shape index (κ2) is 22.1. The standard InChI is InChI=1S/C49H56F3N11O7/c1-59-21-23-61(24-22-59)47(67)43-36(55-44(65)37-30-70-46(56-37)34-19-20-53-41(28-34)54-31-49(50,51)52)29-62(58-43)35-14-11-32(12-15-35)9-5-3-4-7-25-69-26-8-6-10-33-13-16-38-40(27-33)60(2)48(68)63(38)39-17-18-42(64)57-45(39)66/h11-16,19-20,27-30,39H,3-10,17-18,21-26,31H2,1-2H3,(H,53,54)(H,55,65)(H,57,64,66). The van der Waals surface area contributed by atoms with Crippen LogP contribution in [-0.4, -0.2) is 121 Å². The van der Waals surface area contributed by atoms with Gasteiger partial charge in [0.1, 0.15) is 24.7 Å². The first-order chi connectivity index (χ1) is 33.7. The molecule has 0 bridgehead atoms. The van der Waals surface area contributed by atoms with E-state index in [1.807, 2.05) is 49.5 Å². The van der Waals surface area contributed by atoms with Crippen LogP contribution in [0.1, 0.15) is 89.5 Å². The summed E-state index contributed by atoms with van der Waals surface area (Å²) in [6.45, 7) is 2.47. The van der Waals surface area contributed by atoms with Crippen LogP contribution in [0.15, 0.2) is 82.5 Å². The van der Waals surface area contributed by atoms with Gasteiger partial charge in [-0.1, -0.05) is 31.0 Å². The summed E-state index contributed by atoms with van der Waals surface area (Å²) in [5.41, 5.74) is 4.55. The van der Waals surface area contributed by atoms with E-state index in [-0.39, 0.29) is 52.7 Å². The molecule has 370 valence electrons. The molecule has 2 aromatic carbocycles. The minimum absolute atomic E-state index is 0.00627. The van der Waals surface area contributed by atoms with Crippen LogP contribution in [0.4, 0.5) is 24.7 Å². The maximum absolute atomic E-state index is 13.8. The number of alkyl halides is 3. The molecule has 0 saturated carbocycles. The number of aromatic nitrogens is 6. The highest BCUT2D eigenvalue weighted by Gasteiger charge is 2.32. The highest BCUT2D eigenvalue weighted by Crippen LogP contribution is 2.27. The number of imidazole rings is 1. The first-order valence-corrected chi connectivity index (χ1v) is 23.5. The Morgan fingerprint density at radius 1 is 0.871 bits per heavy atom. The number of piperazine rings is 1. The van der Waals surface area contributed by atoms with Gasteiger partial charge in [0.05, 0.1) is 28.6 Å². The van der Waals surface area contributed by atoms with Crippen molar-refractivity contribution < 1.29 is 41.5 Å². The topological polar surface area (TPSA) is 204 Å². The van der Waals surface area contributed by atoms with E-state index >= 15 is 0 Å². The third kappa shape index (κ3) is 12.2. The smallest absolute Gasteiger partial charge is 0.405 e. The van der Waals surface area contributed by atoms with Gasteiger partial charge in [-0.25, -0.2) is 19.4 Å². The number of pyridine rings is 1. The summed E-state index contributed by atoms with van der Waals surface area (Å²) in [7, 11) is 3.68. The van der Waals surface area contributed by atoms with Gasteiger partial charge in [0.15, 0.2) is 11.4 Å². The number of piperidine rings is 1. The minimum atomic E-state index is -4.44. The molecule has 6 aromatic rings. The van der Waals surface area contributed by atoms with Crippen molar-refractivity contribution in [2.75, 3.05) is 63.6 Å². The summed E-state index contributed by atoms with van der Waals surface area (Å²) in [6, 6.07) is 15.9. The van der Waals surface area contributed by atoms with Crippen LogP contribution in [-0.2, 0) is 34.2 Å². The molecule has 2 fully saturated rings. The molecule has 0 aliphatic carbocycles. The zero-order valence-corrected chi connectivity index (χ0v) is 39.1. The number of ether oxygens (including phenoxy) is 1. The fourth-order valence-electron chi connectivity index (χ4n) is 8.59. The number of carbonyl (C=O) groups is 4. The Balaban J connectivity index is 0.780. The number of nitrogens with zero attached hydrogens (tertiary/aromatic N) is 8. The number of fused-ring (bicyclic) bond motifs is 1. The van der Waals surface area contributed by atoms with Gasteiger partial charge in [0.25, 0.3) is 11.8 Å². The second-order valence-electron chi connectivity index (χ2n) is 17.7. The Labute approximate surface area is 401 Å². The normalized spacial score (nSPS) is 15.7. The van der Waals surface area contributed by atoms with Crippen LogP contribution in [0, 0.1) is 0 Å². The molecule has 6 heterocycles. The molecule has 2 aliphatic heterocycles. The van der Waals surface area contributed by atoms with Crippen molar-refractivity contribution in [1.29, 1.82) is 0 Å². The summed E-state index contributed by atoms with van der Waals surface area (Å²) in [5.74, 6) is -1.81. The molecule has 0 spiro atoms. The SMILES string of the molecule is CN1CCN(C(=O)c2nn(-c3ccc(CCCCCCOCCCCc4ccc5c(c4)n(C)c(=O)n5C4CCC(=O)NC4=O)cc3)cc2NC(=O)c2coc(-c3ccnc(NCC(F)(F)F)c3)n2)CC1. The van der Waals surface area contributed by atoms with Gasteiger partial charge in [0.2, 0.25) is 17.7 Å². The second-order valence-corrected chi connectivity index (χ2v) is 17.7. The van der Waals surface area contributed by atoms with Gasteiger partial charge in [0, 0.05) is 64.6 Å². The van der Waals surface area contributed by atoms with E-state index in [2.05, 4.69) is 35.9 Å². The monoisotopic (exact) mass is 967 g/mol. The number of likely N-dealkylation sites (N-methyl/N-ethyl adjacent to an activating group) is 1. The third-order valence-electron chi connectivity index (χ3n) is 12.6. The highest BCUT2D eigenvalue weighted by molar-refractivity contribution is 6.07. The number of rotatable bonds is 20. The van der Waals surface area contributed by atoms with Crippen molar-refractivity contribution in [1.82, 2.24) is 44.0 Å². The van der Waals surface area contributed by atoms with Crippen LogP contribution < -0.4 is 21.6 Å². The molecule has 0 radical (unpaired) electrons. The Bertz CT molecular complexity index is 2880. The number of amides is 4. The van der Waals surface area contributed by atoms with Gasteiger partial charge in [-0.3, -0.25) is 33.6 Å². The maximum Gasteiger partial charge on any atom is 0.405 e. The molecule has 70 heavy (non-hydrogen) atoms. The number of hydrogen-bond acceptors (Lipinski definition) is 12. The molecular weight excluding hydrogens is 912 g/mol. The lowest BCUT2D eigenvalue weighted by Gasteiger charge is -2.32. The van der Waals surface area contributed by atoms with Crippen molar-refractivity contribution in [2.24, 2.45) is 7.05 Å². The van der Waals surface area contributed by atoms with Crippen LogP contribution in [0.3, 0.4) is 0 Å². The third-order valence-corrected chi connectivity index (χ3v) is 12.6. The van der Waals surface area contributed by atoms with Crippen molar-refractivity contribution in [3.8, 4) is 17.1 Å². The van der Waals surface area contributed by atoms with E-state index in [1.54, 1.807) is 27.4 Å². The summed E-state index contributed by atoms with van der Waals surface area (Å²) >= 11 is 0. The molecule has 4 amide bonds. The van der Waals surface area contributed by atoms with Gasteiger partial charge < -0.3 is 29.6 Å². The lowest BCUT2D eigenvalue weighted by molar-refractivity contribution is -0.135. The Kier molecular flexibility index (Phi) is 15.6. The van der Waals surface area contributed by atoms with E-state index in [0.29, 0.717) is 62.6 Å². The van der Waals surface area contributed by atoms with E-state index < -0.39 is 30.6 Å². The van der Waals surface area contributed by atoms with E-state index in [9.17, 15) is 37.1 Å². The van der Waals surface area contributed by atoms with Crippen LogP contribution in [0.25, 0.3) is 28.2 Å². The molecule has 21 heteroatoms. The number of unbranched alkanes of at least 4 members (excludes halogenated alkanes) is 4. The lowest BCUT2D eigenvalue weighted by atomic mass is 10.0. The molecule has 3 N–H and O–H groups in total. The van der Waals surface area contributed by atoms with Crippen molar-refractivity contribution in [3.05, 3.63) is 106 Å². The first kappa shape index (κ1) is 49.3. The van der Waals surface area contributed by atoms with Crippen molar-refractivity contribution in [2.45, 2.75) is 76.4 Å². The van der Waals surface area contributed by atoms with Gasteiger partial charge in [-0.05, 0) is 99.5 Å². The fourth-order valence-corrected chi connectivity index (χ4v) is 8.59. The lowest BCUT2D eigenvalue weighted by Crippen LogP contribution is -2.47. The summed E-state index contributed by atoms with van der Waals surface area (Å²) < 4.78 is 54.3. The van der Waals surface area contributed by atoms with Crippen LogP contribution in [0.2, 0.25) is 0 Å². The quantitative estimate of drug-likeness (QED) is 0.0569. The van der Waals surface area contributed by atoms with Crippen LogP contribution >= 0.6 is 0 Å². The zero-order chi connectivity index (χ0) is 49.4. The molecule has 8 rings (SSSR count). The number of imide groups is 1. The molecular formula is C49H56F3N11O7. The molecule has 1 atom stereocenters. The molecule has 2 aliphatic rings. The Morgan fingerprint density at radius 2 is 1.59 bits per heavy atom. The zero-order valence-electron chi connectivity index (χ0n) is 39.1. The number of halogens is 3.